The summed E-state index contributed by atoms with van der Waals surface area (Å²) in [4.78, 5) is 16.0. The highest BCUT2D eigenvalue weighted by atomic mass is 35.7. The zero-order valence-electron chi connectivity index (χ0n) is 11.9. The second kappa shape index (κ2) is 6.62. The summed E-state index contributed by atoms with van der Waals surface area (Å²) in [6, 6.07) is 0. The number of carbonyl (C=O) groups is 1. The predicted octanol–water partition coefficient (Wildman–Crippen LogP) is 1.28. The summed E-state index contributed by atoms with van der Waals surface area (Å²) in [6.45, 7) is 6.43. The topological polar surface area (TPSA) is 57.7 Å². The van der Waals surface area contributed by atoms with Gasteiger partial charge in [-0.05, 0) is 44.8 Å². The average molecular weight is 323 g/mol. The molecule has 0 spiro atoms. The first kappa shape index (κ1) is 16.0. The Kier molecular flexibility index (Phi) is 5.31. The number of piperidine rings is 1. The van der Waals surface area contributed by atoms with Crippen LogP contribution in [0.2, 0.25) is 0 Å². The van der Waals surface area contributed by atoms with Crippen molar-refractivity contribution in [2.75, 3.05) is 32.7 Å². The molecule has 20 heavy (non-hydrogen) atoms. The van der Waals surface area contributed by atoms with Crippen LogP contribution in [-0.2, 0) is 13.8 Å². The van der Waals surface area contributed by atoms with Crippen LogP contribution in [0.5, 0.6) is 0 Å². The van der Waals surface area contributed by atoms with Gasteiger partial charge in [0.25, 0.3) is 0 Å². The molecule has 2 fully saturated rings. The van der Waals surface area contributed by atoms with Gasteiger partial charge in [0.1, 0.15) is 5.25 Å². The Morgan fingerprint density at radius 1 is 1.30 bits per heavy atom. The molecule has 7 heteroatoms. The van der Waals surface area contributed by atoms with Crippen molar-refractivity contribution in [3.63, 3.8) is 0 Å². The van der Waals surface area contributed by atoms with Crippen molar-refractivity contribution in [1.29, 1.82) is 0 Å². The molecule has 2 rings (SSSR count). The van der Waals surface area contributed by atoms with E-state index in [1.165, 1.54) is 6.42 Å². The van der Waals surface area contributed by atoms with Crippen molar-refractivity contribution in [3.05, 3.63) is 0 Å². The van der Waals surface area contributed by atoms with Gasteiger partial charge in [-0.25, -0.2) is 8.42 Å². The van der Waals surface area contributed by atoms with Gasteiger partial charge in [-0.2, -0.15) is 0 Å². The van der Waals surface area contributed by atoms with Crippen LogP contribution in [-0.4, -0.2) is 62.1 Å². The van der Waals surface area contributed by atoms with E-state index in [2.05, 4.69) is 11.8 Å². The van der Waals surface area contributed by atoms with Crippen molar-refractivity contribution in [2.24, 2.45) is 5.92 Å². The van der Waals surface area contributed by atoms with Gasteiger partial charge >= 0.3 is 0 Å². The smallest absolute Gasteiger partial charge is 0.237 e. The van der Waals surface area contributed by atoms with E-state index in [0.29, 0.717) is 12.5 Å². The molecule has 0 aliphatic carbocycles. The Morgan fingerprint density at radius 3 is 2.45 bits per heavy atom. The van der Waals surface area contributed by atoms with Crippen LogP contribution in [0.1, 0.15) is 32.6 Å². The second-order valence-electron chi connectivity index (χ2n) is 5.89. The monoisotopic (exact) mass is 322 g/mol. The summed E-state index contributed by atoms with van der Waals surface area (Å²) in [5, 5.41) is -0.725. The number of hydrogen-bond acceptors (Lipinski definition) is 4. The first-order chi connectivity index (χ1) is 9.40. The van der Waals surface area contributed by atoms with Gasteiger partial charge in [-0.3, -0.25) is 4.79 Å². The number of halogens is 1. The largest absolute Gasteiger partial charge is 0.341 e. The summed E-state index contributed by atoms with van der Waals surface area (Å²) in [6.07, 6.45) is 3.38. The summed E-state index contributed by atoms with van der Waals surface area (Å²) in [5.41, 5.74) is 0. The van der Waals surface area contributed by atoms with Crippen molar-refractivity contribution in [1.82, 2.24) is 9.80 Å². The minimum absolute atomic E-state index is 0.0422. The van der Waals surface area contributed by atoms with Gasteiger partial charge in [-0.1, -0.05) is 6.92 Å². The maximum Gasteiger partial charge on any atom is 0.237 e. The molecule has 1 unspecified atom stereocenters. The molecule has 0 aromatic heterocycles. The summed E-state index contributed by atoms with van der Waals surface area (Å²) in [5.74, 6) is 0.416. The Labute approximate surface area is 125 Å². The lowest BCUT2D eigenvalue weighted by Crippen LogP contribution is -2.39. The molecule has 0 N–H and O–H groups in total. The van der Waals surface area contributed by atoms with Gasteiger partial charge < -0.3 is 9.80 Å². The summed E-state index contributed by atoms with van der Waals surface area (Å²) in [7, 11) is 1.73. The summed E-state index contributed by atoms with van der Waals surface area (Å²) < 4.78 is 22.6. The molecule has 1 amide bonds. The molecule has 2 aliphatic rings. The molecule has 2 heterocycles. The molecule has 116 valence electrons. The summed E-state index contributed by atoms with van der Waals surface area (Å²) >= 11 is 0. The van der Waals surface area contributed by atoms with E-state index in [9.17, 15) is 13.2 Å². The number of amides is 1. The van der Waals surface area contributed by atoms with Crippen molar-refractivity contribution >= 4 is 25.6 Å². The third kappa shape index (κ3) is 4.09. The zero-order valence-corrected chi connectivity index (χ0v) is 13.5. The molecule has 0 radical (unpaired) electrons. The van der Waals surface area contributed by atoms with E-state index in [4.69, 9.17) is 10.7 Å². The van der Waals surface area contributed by atoms with Gasteiger partial charge in [0.15, 0.2) is 0 Å². The van der Waals surface area contributed by atoms with Crippen LogP contribution < -0.4 is 0 Å². The number of likely N-dealkylation sites (tertiary alicyclic amines) is 2. The van der Waals surface area contributed by atoms with Gasteiger partial charge in [-0.15, -0.1) is 0 Å². The van der Waals surface area contributed by atoms with Crippen LogP contribution >= 0.6 is 10.7 Å². The molecule has 0 saturated carbocycles. The maximum absolute atomic E-state index is 11.9. The molecule has 2 saturated heterocycles. The Bertz CT molecular complexity index is 447. The first-order valence-electron chi connectivity index (χ1n) is 7.33. The lowest BCUT2D eigenvalue weighted by molar-refractivity contribution is -0.128. The molecular weight excluding hydrogens is 300 g/mol. The van der Waals surface area contributed by atoms with E-state index in [-0.39, 0.29) is 18.9 Å². The SMILES string of the molecule is CCCN1CCC(CN2CC(S(=O)(=O)Cl)CC2=O)CC1. The van der Waals surface area contributed by atoms with Crippen LogP contribution in [0, 0.1) is 5.92 Å². The number of carbonyl (C=O) groups excluding carboxylic acids is 1. The number of hydrogen-bond donors (Lipinski definition) is 0. The van der Waals surface area contributed by atoms with Gasteiger partial charge in [0.05, 0.1) is 0 Å². The maximum atomic E-state index is 11.9. The van der Waals surface area contributed by atoms with Gasteiger partial charge in [0.2, 0.25) is 15.0 Å². The second-order valence-corrected chi connectivity index (χ2v) is 8.79. The Hall–Kier alpha value is -0.330. The van der Waals surface area contributed by atoms with E-state index in [1.54, 1.807) is 4.90 Å². The highest BCUT2D eigenvalue weighted by Crippen LogP contribution is 2.25. The fourth-order valence-corrected chi connectivity index (χ4v) is 4.18. The predicted molar refractivity (Wildman–Crippen MR) is 79.2 cm³/mol. The van der Waals surface area contributed by atoms with Crippen LogP contribution in [0.15, 0.2) is 0 Å². The van der Waals surface area contributed by atoms with E-state index < -0.39 is 14.3 Å². The molecule has 0 aromatic rings. The quantitative estimate of drug-likeness (QED) is 0.715. The van der Waals surface area contributed by atoms with Crippen molar-refractivity contribution < 1.29 is 13.2 Å². The van der Waals surface area contributed by atoms with Crippen LogP contribution in [0.3, 0.4) is 0 Å². The first-order valence-corrected chi connectivity index (χ1v) is 9.71. The Balaban J connectivity index is 1.82. The molecule has 5 nitrogen and oxygen atoms in total. The van der Waals surface area contributed by atoms with E-state index >= 15 is 0 Å². The van der Waals surface area contributed by atoms with Gasteiger partial charge in [0, 0.05) is 30.2 Å². The molecule has 1 atom stereocenters. The van der Waals surface area contributed by atoms with Crippen LogP contribution in [0.4, 0.5) is 0 Å². The highest BCUT2D eigenvalue weighted by molar-refractivity contribution is 8.14. The highest BCUT2D eigenvalue weighted by Gasteiger charge is 2.38. The number of nitrogens with zero attached hydrogens (tertiary/aromatic N) is 2. The zero-order chi connectivity index (χ0) is 14.8. The standard InChI is InChI=1S/C13H23ClN2O3S/c1-2-5-15-6-3-11(4-7-15)9-16-10-12(8-13(16)17)20(14,18)19/h11-12H,2-10H2,1H3. The van der Waals surface area contributed by atoms with E-state index in [1.807, 2.05) is 0 Å². The molecule has 0 bridgehead atoms. The fraction of sp³-hybridized carbons (Fsp3) is 0.923. The lowest BCUT2D eigenvalue weighted by atomic mass is 9.96. The number of rotatable bonds is 5. The third-order valence-corrected chi connectivity index (χ3v) is 6.17. The third-order valence-electron chi connectivity index (χ3n) is 4.30. The molecular formula is C13H23ClN2O3S. The van der Waals surface area contributed by atoms with E-state index in [0.717, 1.165) is 32.5 Å². The minimum atomic E-state index is -3.62. The molecule has 0 aromatic carbocycles. The van der Waals surface area contributed by atoms with Crippen molar-refractivity contribution in [2.45, 2.75) is 37.9 Å². The fourth-order valence-electron chi connectivity index (χ4n) is 3.12. The van der Waals surface area contributed by atoms with Crippen molar-refractivity contribution in [3.8, 4) is 0 Å². The Morgan fingerprint density at radius 2 is 1.95 bits per heavy atom. The minimum Gasteiger partial charge on any atom is -0.341 e. The lowest BCUT2D eigenvalue weighted by Gasteiger charge is -2.33. The normalized spacial score (nSPS) is 26.4. The molecule has 2 aliphatic heterocycles. The van der Waals surface area contributed by atoms with Crippen LogP contribution in [0.25, 0.3) is 0 Å². The average Bonchev–Trinajstić information content (AvgIpc) is 2.74.